The summed E-state index contributed by atoms with van der Waals surface area (Å²) < 4.78 is 31.0. The number of cyclic esters (lactones) is 1. The third kappa shape index (κ3) is 4.44. The monoisotopic (exact) mass is 385 g/mol. The zero-order chi connectivity index (χ0) is 19.7. The number of carbonyl (C=O) groups excluding carboxylic acids is 1. The third-order valence-corrected chi connectivity index (χ3v) is 4.85. The molecule has 28 heavy (non-hydrogen) atoms. The first-order valence-corrected chi connectivity index (χ1v) is 9.63. The lowest BCUT2D eigenvalue weighted by Crippen LogP contribution is -2.38. The fraction of sp³-hybridized carbons (Fsp3) is 0.409. The molecule has 5 nitrogen and oxygen atoms in total. The molecule has 1 aliphatic carbocycles. The molecule has 0 radical (unpaired) electrons. The van der Waals surface area contributed by atoms with E-state index >= 15 is 0 Å². The van der Waals surface area contributed by atoms with Crippen LogP contribution in [0.1, 0.15) is 49.0 Å². The van der Waals surface area contributed by atoms with Gasteiger partial charge in [0.2, 0.25) is 5.79 Å². The van der Waals surface area contributed by atoms with Crippen molar-refractivity contribution < 1.29 is 23.4 Å². The van der Waals surface area contributed by atoms with Crippen LogP contribution in [0.5, 0.6) is 17.2 Å². The molecule has 0 atom stereocenters. The van der Waals surface area contributed by atoms with Gasteiger partial charge < -0.3 is 19.5 Å². The number of benzene rings is 2. The molecule has 0 amide bonds. The fourth-order valence-corrected chi connectivity index (χ4v) is 3.19. The molecule has 1 N–H and O–H groups in total. The second kappa shape index (κ2) is 7.43. The van der Waals surface area contributed by atoms with Crippen LogP contribution in [0, 0.1) is 11.7 Å². The lowest BCUT2D eigenvalue weighted by atomic mass is 10.1. The van der Waals surface area contributed by atoms with Gasteiger partial charge in [0.25, 0.3) is 0 Å². The third-order valence-electron chi connectivity index (χ3n) is 4.85. The molecule has 2 aromatic rings. The van der Waals surface area contributed by atoms with Crippen LogP contribution in [-0.2, 0) is 11.3 Å². The quantitative estimate of drug-likeness (QED) is 0.548. The molecule has 0 unspecified atom stereocenters. The highest BCUT2D eigenvalue weighted by atomic mass is 19.1. The molecule has 1 aliphatic heterocycles. The highest BCUT2D eigenvalue weighted by Crippen LogP contribution is 2.36. The van der Waals surface area contributed by atoms with Gasteiger partial charge in [-0.1, -0.05) is 18.9 Å². The largest absolute Gasteiger partial charge is 0.454 e. The first kappa shape index (κ1) is 18.7. The van der Waals surface area contributed by atoms with Crippen LogP contribution < -0.4 is 14.8 Å². The van der Waals surface area contributed by atoms with Crippen LogP contribution in [0.2, 0.25) is 0 Å². The Bertz CT molecular complexity index is 892. The Kier molecular flexibility index (Phi) is 4.98. The van der Waals surface area contributed by atoms with Crippen LogP contribution in [-0.4, -0.2) is 18.3 Å². The van der Waals surface area contributed by atoms with Gasteiger partial charge in [0.1, 0.15) is 17.1 Å². The molecule has 6 heteroatoms. The summed E-state index contributed by atoms with van der Waals surface area (Å²) in [6, 6.07) is 9.66. The van der Waals surface area contributed by atoms with E-state index in [4.69, 9.17) is 14.2 Å². The number of carbonyl (C=O) groups is 1. The van der Waals surface area contributed by atoms with Crippen LogP contribution >= 0.6 is 0 Å². The molecule has 0 bridgehead atoms. The number of fused-ring (bicyclic) bond motifs is 1. The Morgan fingerprint density at radius 1 is 1.18 bits per heavy atom. The normalized spacial score (nSPS) is 17.5. The minimum absolute atomic E-state index is 0.124. The number of ether oxygens (including phenoxy) is 3. The van der Waals surface area contributed by atoms with E-state index in [9.17, 15) is 9.18 Å². The highest BCUT2D eigenvalue weighted by molar-refractivity contribution is 5.93. The molecule has 2 aliphatic rings. The smallest absolute Gasteiger partial charge is 0.345 e. The van der Waals surface area contributed by atoms with E-state index in [0.29, 0.717) is 23.6 Å². The molecule has 4 rings (SSSR count). The van der Waals surface area contributed by atoms with Gasteiger partial charge in [-0.2, -0.15) is 0 Å². The van der Waals surface area contributed by atoms with E-state index in [1.807, 2.05) is 6.07 Å². The molecule has 148 valence electrons. The maximum atomic E-state index is 14.4. The minimum atomic E-state index is -1.05. The molecule has 1 fully saturated rings. The van der Waals surface area contributed by atoms with Crippen molar-refractivity contribution in [1.29, 1.82) is 0 Å². The van der Waals surface area contributed by atoms with Gasteiger partial charge >= 0.3 is 5.97 Å². The predicted molar refractivity (Wildman–Crippen MR) is 102 cm³/mol. The summed E-state index contributed by atoms with van der Waals surface area (Å²) in [7, 11) is 0. The summed E-state index contributed by atoms with van der Waals surface area (Å²) in [5.41, 5.74) is 1.19. The van der Waals surface area contributed by atoms with Crippen molar-refractivity contribution in [3.8, 4) is 17.2 Å². The zero-order valence-corrected chi connectivity index (χ0v) is 16.1. The Balaban J connectivity index is 1.41. The Labute approximate surface area is 163 Å². The molecule has 1 heterocycles. The number of hydrogen-bond donors (Lipinski definition) is 1. The minimum Gasteiger partial charge on any atom is -0.454 e. The lowest BCUT2D eigenvalue weighted by molar-refractivity contribution is -0.127. The Morgan fingerprint density at radius 3 is 2.75 bits per heavy atom. The summed E-state index contributed by atoms with van der Waals surface area (Å²) in [6.07, 6.45) is 3.87. The van der Waals surface area contributed by atoms with E-state index in [2.05, 4.69) is 5.32 Å². The number of nitrogens with one attached hydrogen (secondary N) is 1. The summed E-state index contributed by atoms with van der Waals surface area (Å²) in [6.45, 7) is 4.89. The van der Waals surface area contributed by atoms with Crippen molar-refractivity contribution in [2.75, 3.05) is 6.54 Å². The van der Waals surface area contributed by atoms with E-state index in [1.54, 1.807) is 38.1 Å². The summed E-state index contributed by atoms with van der Waals surface area (Å²) in [5, 5.41) is 3.35. The van der Waals surface area contributed by atoms with E-state index in [1.165, 1.54) is 25.3 Å². The van der Waals surface area contributed by atoms with Gasteiger partial charge in [0, 0.05) is 26.5 Å². The number of rotatable bonds is 7. The summed E-state index contributed by atoms with van der Waals surface area (Å²) in [5.74, 6) is -0.189. The molecule has 0 saturated heterocycles. The van der Waals surface area contributed by atoms with Crippen LogP contribution in [0.3, 0.4) is 0 Å². The fourth-order valence-electron chi connectivity index (χ4n) is 3.19. The first-order valence-electron chi connectivity index (χ1n) is 9.63. The maximum absolute atomic E-state index is 14.4. The second-order valence-electron chi connectivity index (χ2n) is 7.83. The van der Waals surface area contributed by atoms with Crippen LogP contribution in [0.15, 0.2) is 36.4 Å². The highest BCUT2D eigenvalue weighted by Gasteiger charge is 2.34. The van der Waals surface area contributed by atoms with Gasteiger partial charge in [0.05, 0.1) is 0 Å². The molecular weight excluding hydrogens is 361 g/mol. The average molecular weight is 385 g/mol. The van der Waals surface area contributed by atoms with Gasteiger partial charge in [-0.3, -0.25) is 0 Å². The molecule has 1 saturated carbocycles. The van der Waals surface area contributed by atoms with Gasteiger partial charge in [-0.15, -0.1) is 0 Å². The number of esters is 1. The maximum Gasteiger partial charge on any atom is 0.345 e. The van der Waals surface area contributed by atoms with Crippen molar-refractivity contribution in [3.05, 3.63) is 53.3 Å². The van der Waals surface area contributed by atoms with Crippen LogP contribution in [0.4, 0.5) is 4.39 Å². The standard InChI is InChI=1S/C22H24FNO4/c1-22(2)27-20-12-16(6-7-17(20)21(25)28-22)26-19-8-5-15(11-18(19)23)13-24-10-9-14-3-4-14/h5-8,11-12,14,24H,3-4,9-10,13H2,1-2H3. The van der Waals surface area contributed by atoms with Crippen molar-refractivity contribution >= 4 is 5.97 Å². The van der Waals surface area contributed by atoms with E-state index in [0.717, 1.165) is 18.0 Å². The topological polar surface area (TPSA) is 56.8 Å². The van der Waals surface area contributed by atoms with Gasteiger partial charge in [0.15, 0.2) is 11.6 Å². The average Bonchev–Trinajstić information content (AvgIpc) is 3.44. The van der Waals surface area contributed by atoms with E-state index in [-0.39, 0.29) is 5.75 Å². The van der Waals surface area contributed by atoms with Crippen molar-refractivity contribution in [3.63, 3.8) is 0 Å². The predicted octanol–water partition coefficient (Wildman–Crippen LogP) is 4.79. The van der Waals surface area contributed by atoms with Crippen molar-refractivity contribution in [2.24, 2.45) is 5.92 Å². The van der Waals surface area contributed by atoms with Gasteiger partial charge in [-0.25, -0.2) is 9.18 Å². The molecular formula is C22H24FNO4. The molecule has 0 spiro atoms. The second-order valence-corrected chi connectivity index (χ2v) is 7.83. The summed E-state index contributed by atoms with van der Waals surface area (Å²) in [4.78, 5) is 12.0. The van der Waals surface area contributed by atoms with Crippen molar-refractivity contribution in [2.45, 2.75) is 45.4 Å². The Morgan fingerprint density at radius 2 is 2.00 bits per heavy atom. The SMILES string of the molecule is CC1(C)OC(=O)c2ccc(Oc3ccc(CNCCC4CC4)cc3F)cc2O1. The first-order chi connectivity index (χ1) is 13.4. The summed E-state index contributed by atoms with van der Waals surface area (Å²) >= 11 is 0. The van der Waals surface area contributed by atoms with Gasteiger partial charge in [-0.05, 0) is 48.7 Å². The Hall–Kier alpha value is -2.60. The zero-order valence-electron chi connectivity index (χ0n) is 16.1. The van der Waals surface area contributed by atoms with Crippen LogP contribution in [0.25, 0.3) is 0 Å². The number of hydrogen-bond acceptors (Lipinski definition) is 5. The van der Waals surface area contributed by atoms with Crippen molar-refractivity contribution in [1.82, 2.24) is 5.32 Å². The lowest BCUT2D eigenvalue weighted by Gasteiger charge is -2.31. The molecule has 2 aromatic carbocycles. The van der Waals surface area contributed by atoms with E-state index < -0.39 is 17.6 Å². The molecule has 0 aromatic heterocycles. The number of halogens is 1.